The summed E-state index contributed by atoms with van der Waals surface area (Å²) in [6, 6.07) is 4.16. The highest BCUT2D eigenvalue weighted by Gasteiger charge is 2.32. The fourth-order valence-corrected chi connectivity index (χ4v) is 3.46. The van der Waals surface area contributed by atoms with E-state index < -0.39 is 0 Å². The van der Waals surface area contributed by atoms with Gasteiger partial charge in [-0.3, -0.25) is 0 Å². The first kappa shape index (κ1) is 15.9. The Kier molecular flexibility index (Phi) is 4.90. The summed E-state index contributed by atoms with van der Waals surface area (Å²) in [6.45, 7) is 4.50. The van der Waals surface area contributed by atoms with Crippen LogP contribution in [0.3, 0.4) is 0 Å². The normalized spacial score (nSPS) is 21.7. The van der Waals surface area contributed by atoms with Gasteiger partial charge in [0, 0.05) is 5.41 Å². The maximum absolute atomic E-state index is 5.76. The van der Waals surface area contributed by atoms with Gasteiger partial charge in [0.15, 0.2) is 0 Å². The number of hydrogen-bond donors (Lipinski definition) is 0. The fraction of sp³-hybridized carbons (Fsp3) is 0.429. The SMILES string of the molecule is C/C(=C\CCc1ccoc1)C/C=C/[C@@]1(C)CCCc2ccoc21. The van der Waals surface area contributed by atoms with Gasteiger partial charge in [-0.15, -0.1) is 0 Å². The van der Waals surface area contributed by atoms with E-state index in [-0.39, 0.29) is 5.41 Å². The van der Waals surface area contributed by atoms with E-state index >= 15 is 0 Å². The molecule has 2 heterocycles. The molecule has 2 aromatic rings. The second kappa shape index (κ2) is 7.08. The molecule has 23 heavy (non-hydrogen) atoms. The Hall–Kier alpha value is -1.96. The molecule has 0 N–H and O–H groups in total. The van der Waals surface area contributed by atoms with Gasteiger partial charge in [0.05, 0.1) is 18.8 Å². The molecular weight excluding hydrogens is 284 g/mol. The van der Waals surface area contributed by atoms with Crippen LogP contribution in [0.1, 0.15) is 56.4 Å². The average molecular weight is 310 g/mol. The van der Waals surface area contributed by atoms with Crippen molar-refractivity contribution in [2.24, 2.45) is 0 Å². The molecule has 1 aliphatic carbocycles. The molecule has 2 nitrogen and oxygen atoms in total. The summed E-state index contributed by atoms with van der Waals surface area (Å²) in [5.74, 6) is 1.17. The minimum atomic E-state index is 0.0636. The van der Waals surface area contributed by atoms with E-state index in [9.17, 15) is 0 Å². The van der Waals surface area contributed by atoms with E-state index in [4.69, 9.17) is 8.83 Å². The maximum Gasteiger partial charge on any atom is 0.116 e. The number of allylic oxidation sites excluding steroid dienone is 4. The lowest BCUT2D eigenvalue weighted by Crippen LogP contribution is -2.23. The Morgan fingerprint density at radius 2 is 2.22 bits per heavy atom. The number of fused-ring (bicyclic) bond motifs is 1. The maximum atomic E-state index is 5.76. The zero-order valence-corrected chi connectivity index (χ0v) is 14.2. The molecule has 0 unspecified atom stereocenters. The van der Waals surface area contributed by atoms with Gasteiger partial charge in [-0.2, -0.15) is 0 Å². The van der Waals surface area contributed by atoms with E-state index in [0.29, 0.717) is 0 Å². The fourth-order valence-electron chi connectivity index (χ4n) is 3.46. The lowest BCUT2D eigenvalue weighted by Gasteiger charge is -2.29. The van der Waals surface area contributed by atoms with E-state index in [1.165, 1.54) is 35.3 Å². The molecule has 0 bridgehead atoms. The third-order valence-corrected chi connectivity index (χ3v) is 4.84. The Morgan fingerprint density at radius 1 is 1.30 bits per heavy atom. The van der Waals surface area contributed by atoms with E-state index in [2.05, 4.69) is 38.1 Å². The molecule has 0 saturated carbocycles. The van der Waals surface area contributed by atoms with Crippen molar-refractivity contribution in [3.8, 4) is 0 Å². The number of aryl methyl sites for hydroxylation is 2. The number of rotatable bonds is 6. The monoisotopic (exact) mass is 310 g/mol. The highest BCUT2D eigenvalue weighted by atomic mass is 16.3. The molecule has 0 saturated heterocycles. The smallest absolute Gasteiger partial charge is 0.116 e. The van der Waals surface area contributed by atoms with Gasteiger partial charge < -0.3 is 8.83 Å². The Morgan fingerprint density at radius 3 is 3.04 bits per heavy atom. The van der Waals surface area contributed by atoms with Crippen LogP contribution in [0, 0.1) is 0 Å². The zero-order chi connectivity index (χ0) is 16.1. The van der Waals surface area contributed by atoms with Crippen LogP contribution in [0.2, 0.25) is 0 Å². The van der Waals surface area contributed by atoms with Crippen molar-refractivity contribution >= 4 is 0 Å². The van der Waals surface area contributed by atoms with Gasteiger partial charge in [-0.1, -0.05) is 23.8 Å². The van der Waals surface area contributed by atoms with Gasteiger partial charge in [-0.05, 0) is 75.6 Å². The molecule has 0 fully saturated rings. The Balaban J connectivity index is 1.54. The minimum absolute atomic E-state index is 0.0636. The summed E-state index contributed by atoms with van der Waals surface area (Å²) in [5, 5.41) is 0. The standard InChI is InChI=1S/C21H26O2/c1-17(6-3-8-18-10-14-22-16-18)7-4-12-21(2)13-5-9-19-11-15-23-20(19)21/h4,6,10-12,14-16H,3,5,7-9,13H2,1-2H3/b12-4+,17-6+/t21-/m0/s1. The largest absolute Gasteiger partial charge is 0.472 e. The summed E-state index contributed by atoms with van der Waals surface area (Å²) in [4.78, 5) is 0. The molecule has 1 atom stereocenters. The predicted octanol–water partition coefficient (Wildman–Crippen LogP) is 5.99. The molecule has 2 aromatic heterocycles. The lowest BCUT2D eigenvalue weighted by molar-refractivity contribution is 0.366. The summed E-state index contributed by atoms with van der Waals surface area (Å²) >= 11 is 0. The molecular formula is C21H26O2. The number of furan rings is 2. The molecule has 122 valence electrons. The van der Waals surface area contributed by atoms with Crippen molar-refractivity contribution in [3.63, 3.8) is 0 Å². The highest BCUT2D eigenvalue weighted by Crippen LogP contribution is 2.39. The zero-order valence-electron chi connectivity index (χ0n) is 14.2. The van der Waals surface area contributed by atoms with Crippen molar-refractivity contribution in [2.75, 3.05) is 0 Å². The van der Waals surface area contributed by atoms with E-state index in [1.807, 2.05) is 18.6 Å². The molecule has 0 spiro atoms. The van der Waals surface area contributed by atoms with Crippen LogP contribution in [0.15, 0.2) is 63.6 Å². The van der Waals surface area contributed by atoms with Crippen LogP contribution < -0.4 is 0 Å². The number of hydrogen-bond acceptors (Lipinski definition) is 2. The minimum Gasteiger partial charge on any atom is -0.472 e. The first-order valence-electron chi connectivity index (χ1n) is 8.59. The van der Waals surface area contributed by atoms with Crippen LogP contribution in [0.25, 0.3) is 0 Å². The summed E-state index contributed by atoms with van der Waals surface area (Å²) in [7, 11) is 0. The van der Waals surface area contributed by atoms with Crippen LogP contribution >= 0.6 is 0 Å². The van der Waals surface area contributed by atoms with E-state index in [1.54, 1.807) is 6.26 Å². The quantitative estimate of drug-likeness (QED) is 0.612. The topological polar surface area (TPSA) is 26.3 Å². The third kappa shape index (κ3) is 3.87. The van der Waals surface area contributed by atoms with Crippen LogP contribution in [-0.2, 0) is 18.3 Å². The van der Waals surface area contributed by atoms with Crippen LogP contribution in [0.5, 0.6) is 0 Å². The van der Waals surface area contributed by atoms with Gasteiger partial charge in [0.2, 0.25) is 0 Å². The molecule has 0 aromatic carbocycles. The Labute approximate surface area is 138 Å². The molecule has 1 aliphatic rings. The van der Waals surface area contributed by atoms with Crippen molar-refractivity contribution in [1.29, 1.82) is 0 Å². The van der Waals surface area contributed by atoms with Crippen molar-refractivity contribution < 1.29 is 8.83 Å². The Bertz CT molecular complexity index is 673. The molecule has 2 heteroatoms. The first-order chi connectivity index (χ1) is 11.2. The molecule has 0 radical (unpaired) electrons. The lowest BCUT2D eigenvalue weighted by atomic mass is 9.75. The summed E-state index contributed by atoms with van der Waals surface area (Å²) < 4.78 is 10.9. The second-order valence-electron chi connectivity index (χ2n) is 6.87. The van der Waals surface area contributed by atoms with Gasteiger partial charge in [0.1, 0.15) is 5.76 Å². The summed E-state index contributed by atoms with van der Waals surface area (Å²) in [6.07, 6.45) is 19.1. The molecule has 3 rings (SSSR count). The second-order valence-corrected chi connectivity index (χ2v) is 6.87. The van der Waals surface area contributed by atoms with Crippen molar-refractivity contribution in [3.05, 3.63) is 71.6 Å². The first-order valence-corrected chi connectivity index (χ1v) is 8.59. The molecule has 0 aliphatic heterocycles. The third-order valence-electron chi connectivity index (χ3n) is 4.84. The van der Waals surface area contributed by atoms with Crippen molar-refractivity contribution in [1.82, 2.24) is 0 Å². The van der Waals surface area contributed by atoms with E-state index in [0.717, 1.165) is 25.7 Å². The average Bonchev–Trinajstić information content (AvgIpc) is 3.19. The van der Waals surface area contributed by atoms with Gasteiger partial charge in [0.25, 0.3) is 0 Å². The summed E-state index contributed by atoms with van der Waals surface area (Å²) in [5.41, 5.74) is 4.14. The van der Waals surface area contributed by atoms with Crippen LogP contribution in [-0.4, -0.2) is 0 Å². The highest BCUT2D eigenvalue weighted by molar-refractivity contribution is 5.32. The molecule has 0 amide bonds. The van der Waals surface area contributed by atoms with Gasteiger partial charge >= 0.3 is 0 Å². The van der Waals surface area contributed by atoms with Crippen LogP contribution in [0.4, 0.5) is 0 Å². The van der Waals surface area contributed by atoms with Crippen molar-refractivity contribution in [2.45, 2.75) is 57.8 Å². The predicted molar refractivity (Wildman–Crippen MR) is 93.5 cm³/mol. The van der Waals surface area contributed by atoms with Gasteiger partial charge in [-0.25, -0.2) is 0 Å².